The van der Waals surface area contributed by atoms with Gasteiger partial charge in [-0.15, -0.1) is 0 Å². The van der Waals surface area contributed by atoms with E-state index in [2.05, 4.69) is 0 Å². The lowest BCUT2D eigenvalue weighted by Crippen LogP contribution is -2.14. The number of sulfone groups is 1. The van der Waals surface area contributed by atoms with Crippen molar-refractivity contribution in [1.29, 1.82) is 0 Å². The molecule has 4 nitrogen and oxygen atoms in total. The molecule has 0 saturated carbocycles. The molecule has 106 valence electrons. The Morgan fingerprint density at radius 3 is 2.32 bits per heavy atom. The highest BCUT2D eigenvalue weighted by Crippen LogP contribution is 2.17. The van der Waals surface area contributed by atoms with Crippen molar-refractivity contribution >= 4 is 15.8 Å². The Kier molecular flexibility index (Phi) is 5.54. The van der Waals surface area contributed by atoms with Gasteiger partial charge in [0.05, 0.1) is 17.1 Å². The van der Waals surface area contributed by atoms with Gasteiger partial charge in [0.25, 0.3) is 0 Å². The van der Waals surface area contributed by atoms with E-state index in [0.717, 1.165) is 12.8 Å². The van der Waals surface area contributed by atoms with Crippen LogP contribution < -0.4 is 0 Å². The predicted octanol–water partition coefficient (Wildman–Crippen LogP) is 2.52. The van der Waals surface area contributed by atoms with Gasteiger partial charge in [-0.05, 0) is 30.0 Å². The van der Waals surface area contributed by atoms with Crippen LogP contribution in [0.1, 0.15) is 32.3 Å². The minimum atomic E-state index is -3.27. The number of hydrogen-bond donors (Lipinski definition) is 1. The van der Waals surface area contributed by atoms with Crippen LogP contribution in [0.25, 0.3) is 0 Å². The van der Waals surface area contributed by atoms with Gasteiger partial charge in [-0.25, -0.2) is 8.42 Å². The van der Waals surface area contributed by atoms with Crippen LogP contribution in [0.2, 0.25) is 0 Å². The zero-order valence-corrected chi connectivity index (χ0v) is 12.1. The number of carbonyl (C=O) groups is 1. The van der Waals surface area contributed by atoms with E-state index in [1.54, 1.807) is 12.1 Å². The minimum absolute atomic E-state index is 0.0907. The molecule has 0 spiro atoms. The van der Waals surface area contributed by atoms with E-state index in [4.69, 9.17) is 5.11 Å². The summed E-state index contributed by atoms with van der Waals surface area (Å²) in [5, 5.41) is 8.66. The maximum Gasteiger partial charge on any atom is 0.307 e. The Bertz CT molecular complexity index is 517. The average molecular weight is 284 g/mol. The standard InChI is InChI=1S/C14H20O4S/c1-3-4-11(2)10-19(17,18)13-7-5-12(6-8-13)9-14(15)16/h5-8,11H,3-4,9-10H2,1-2H3,(H,15,16). The molecular weight excluding hydrogens is 264 g/mol. The third kappa shape index (κ3) is 5.03. The van der Waals surface area contributed by atoms with Gasteiger partial charge in [0.15, 0.2) is 9.84 Å². The maximum absolute atomic E-state index is 12.1. The van der Waals surface area contributed by atoms with Crippen LogP contribution >= 0.6 is 0 Å². The molecule has 1 aromatic rings. The molecule has 0 radical (unpaired) electrons. The van der Waals surface area contributed by atoms with Crippen LogP contribution in [0.5, 0.6) is 0 Å². The van der Waals surface area contributed by atoms with Gasteiger partial charge in [-0.1, -0.05) is 32.4 Å². The fraction of sp³-hybridized carbons (Fsp3) is 0.500. The fourth-order valence-electron chi connectivity index (χ4n) is 2.04. The summed E-state index contributed by atoms with van der Waals surface area (Å²) in [6, 6.07) is 6.11. The van der Waals surface area contributed by atoms with Crippen molar-refractivity contribution in [2.45, 2.75) is 38.0 Å². The Morgan fingerprint density at radius 2 is 1.84 bits per heavy atom. The predicted molar refractivity (Wildman–Crippen MR) is 73.9 cm³/mol. The first-order chi connectivity index (χ1) is 8.85. The third-order valence-corrected chi connectivity index (χ3v) is 4.92. The number of aliphatic carboxylic acids is 1. The first kappa shape index (κ1) is 15.7. The molecule has 0 fully saturated rings. The van der Waals surface area contributed by atoms with Crippen molar-refractivity contribution in [3.05, 3.63) is 29.8 Å². The van der Waals surface area contributed by atoms with Gasteiger partial charge < -0.3 is 5.11 Å². The van der Waals surface area contributed by atoms with E-state index in [0.29, 0.717) is 5.56 Å². The zero-order chi connectivity index (χ0) is 14.5. The fourth-order valence-corrected chi connectivity index (χ4v) is 3.70. The van der Waals surface area contributed by atoms with Gasteiger partial charge in [0.2, 0.25) is 0 Å². The number of hydrogen-bond acceptors (Lipinski definition) is 3. The van der Waals surface area contributed by atoms with Crippen molar-refractivity contribution in [1.82, 2.24) is 0 Å². The molecule has 5 heteroatoms. The van der Waals surface area contributed by atoms with Crippen LogP contribution in [-0.2, 0) is 21.1 Å². The van der Waals surface area contributed by atoms with Gasteiger partial charge in [0, 0.05) is 0 Å². The number of benzene rings is 1. The van der Waals surface area contributed by atoms with Crippen molar-refractivity contribution < 1.29 is 18.3 Å². The van der Waals surface area contributed by atoms with Crippen LogP contribution in [0.4, 0.5) is 0 Å². The molecule has 0 aliphatic heterocycles. The molecule has 1 atom stereocenters. The number of carboxylic acids is 1. The van der Waals surface area contributed by atoms with Gasteiger partial charge in [0.1, 0.15) is 0 Å². The molecule has 0 amide bonds. The first-order valence-electron chi connectivity index (χ1n) is 6.38. The monoisotopic (exact) mass is 284 g/mol. The molecule has 1 rings (SSSR count). The molecule has 1 unspecified atom stereocenters. The molecule has 0 saturated heterocycles. The quantitative estimate of drug-likeness (QED) is 0.835. The topological polar surface area (TPSA) is 71.4 Å². The highest BCUT2D eigenvalue weighted by Gasteiger charge is 2.18. The summed E-state index contributed by atoms with van der Waals surface area (Å²) in [5.41, 5.74) is 0.605. The molecule has 0 heterocycles. The lowest BCUT2D eigenvalue weighted by molar-refractivity contribution is -0.136. The molecule has 1 N–H and O–H groups in total. The van der Waals surface area contributed by atoms with Gasteiger partial charge >= 0.3 is 5.97 Å². The average Bonchev–Trinajstić information content (AvgIpc) is 2.28. The normalized spacial score (nSPS) is 13.2. The minimum Gasteiger partial charge on any atom is -0.481 e. The first-order valence-corrected chi connectivity index (χ1v) is 8.04. The Morgan fingerprint density at radius 1 is 1.26 bits per heavy atom. The Balaban J connectivity index is 2.81. The van der Waals surface area contributed by atoms with E-state index in [9.17, 15) is 13.2 Å². The molecule has 1 aromatic carbocycles. The third-order valence-electron chi connectivity index (χ3n) is 2.92. The van der Waals surface area contributed by atoms with Crippen LogP contribution in [0, 0.1) is 5.92 Å². The van der Waals surface area contributed by atoms with Gasteiger partial charge in [-0.3, -0.25) is 4.79 Å². The van der Waals surface area contributed by atoms with Gasteiger partial charge in [-0.2, -0.15) is 0 Å². The van der Waals surface area contributed by atoms with Crippen LogP contribution in [-0.4, -0.2) is 25.2 Å². The Hall–Kier alpha value is -1.36. The van der Waals surface area contributed by atoms with Crippen molar-refractivity contribution in [3.8, 4) is 0 Å². The van der Waals surface area contributed by atoms with E-state index < -0.39 is 15.8 Å². The smallest absolute Gasteiger partial charge is 0.307 e. The largest absolute Gasteiger partial charge is 0.481 e. The highest BCUT2D eigenvalue weighted by atomic mass is 32.2. The van der Waals surface area contributed by atoms with E-state index in [1.165, 1.54) is 12.1 Å². The second-order valence-corrected chi connectivity index (χ2v) is 6.92. The number of carboxylic acid groups (broad SMARTS) is 1. The second kappa shape index (κ2) is 6.70. The lowest BCUT2D eigenvalue weighted by atomic mass is 10.1. The number of rotatable bonds is 7. The summed E-state index contributed by atoms with van der Waals surface area (Å²) in [5.74, 6) is -0.653. The van der Waals surface area contributed by atoms with E-state index >= 15 is 0 Å². The lowest BCUT2D eigenvalue weighted by Gasteiger charge is -2.11. The SMILES string of the molecule is CCCC(C)CS(=O)(=O)c1ccc(CC(=O)O)cc1. The van der Waals surface area contributed by atoms with Crippen LogP contribution in [0.3, 0.4) is 0 Å². The maximum atomic E-state index is 12.1. The summed E-state index contributed by atoms with van der Waals surface area (Å²) in [6.07, 6.45) is 1.76. The summed E-state index contributed by atoms with van der Waals surface area (Å²) in [6.45, 7) is 3.96. The zero-order valence-electron chi connectivity index (χ0n) is 11.3. The molecule has 19 heavy (non-hydrogen) atoms. The van der Waals surface area contributed by atoms with Crippen molar-refractivity contribution in [2.24, 2.45) is 5.92 Å². The molecule has 0 aliphatic rings. The summed E-state index contributed by atoms with van der Waals surface area (Å²) >= 11 is 0. The molecule has 0 bridgehead atoms. The van der Waals surface area contributed by atoms with Crippen LogP contribution in [0.15, 0.2) is 29.2 Å². The van der Waals surface area contributed by atoms with Crippen molar-refractivity contribution in [2.75, 3.05) is 5.75 Å². The second-order valence-electron chi connectivity index (χ2n) is 4.89. The van der Waals surface area contributed by atoms with Crippen molar-refractivity contribution in [3.63, 3.8) is 0 Å². The summed E-state index contributed by atoms with van der Waals surface area (Å²) < 4.78 is 24.3. The molecule has 0 aromatic heterocycles. The van der Waals surface area contributed by atoms with E-state index in [1.807, 2.05) is 13.8 Å². The molecular formula is C14H20O4S. The highest BCUT2D eigenvalue weighted by molar-refractivity contribution is 7.91. The Labute approximate surface area is 114 Å². The van der Waals surface area contributed by atoms with E-state index in [-0.39, 0.29) is 23.0 Å². The molecule has 0 aliphatic carbocycles. The summed E-state index contributed by atoms with van der Waals surface area (Å²) in [7, 11) is -3.27. The summed E-state index contributed by atoms with van der Waals surface area (Å²) in [4.78, 5) is 10.8.